The molecule has 0 heterocycles. The van der Waals surface area contributed by atoms with Gasteiger partial charge in [0.15, 0.2) is 0 Å². The van der Waals surface area contributed by atoms with E-state index in [0.29, 0.717) is 12.8 Å². The summed E-state index contributed by atoms with van der Waals surface area (Å²) in [7, 11) is -3.11. The molecule has 0 aromatic heterocycles. The monoisotopic (exact) mass is 292 g/mol. The molecule has 1 fully saturated rings. The minimum Gasteiger partial charge on any atom is -0.388 e. The Kier molecular flexibility index (Phi) is 5.76. The predicted octanol–water partition coefficient (Wildman–Crippen LogP) is -0.440. The fourth-order valence-corrected chi connectivity index (χ4v) is 2.92. The number of nitrogens with two attached hydrogens (primary N) is 1. The molecule has 0 aromatic rings. The molecule has 0 aromatic carbocycles. The van der Waals surface area contributed by atoms with E-state index in [-0.39, 0.29) is 18.7 Å². The first-order chi connectivity index (χ1) is 8.72. The second-order valence-electron chi connectivity index (χ2n) is 5.53. The number of hydrogen-bond acceptors (Lipinski definition) is 5. The molecular formula is C12H24N2O4S. The van der Waals surface area contributed by atoms with Crippen molar-refractivity contribution in [3.8, 4) is 0 Å². The predicted molar refractivity (Wildman–Crippen MR) is 73.3 cm³/mol. The average molecular weight is 292 g/mol. The van der Waals surface area contributed by atoms with Crippen LogP contribution in [0.25, 0.3) is 0 Å². The van der Waals surface area contributed by atoms with Gasteiger partial charge in [-0.3, -0.25) is 4.79 Å². The fraction of sp³-hybridized carbons (Fsp3) is 0.917. The number of nitrogens with one attached hydrogen (secondary N) is 1. The maximum Gasteiger partial charge on any atom is 0.237 e. The van der Waals surface area contributed by atoms with Crippen molar-refractivity contribution in [1.29, 1.82) is 0 Å². The van der Waals surface area contributed by atoms with Gasteiger partial charge in [-0.15, -0.1) is 0 Å². The Morgan fingerprint density at radius 1 is 1.37 bits per heavy atom. The molecule has 7 heteroatoms. The van der Waals surface area contributed by atoms with Crippen LogP contribution in [0.3, 0.4) is 0 Å². The maximum absolute atomic E-state index is 11.7. The average Bonchev–Trinajstić information content (AvgIpc) is 2.33. The molecule has 1 aliphatic carbocycles. The zero-order valence-corrected chi connectivity index (χ0v) is 12.2. The normalized spacial score (nSPS) is 20.8. The lowest BCUT2D eigenvalue weighted by molar-refractivity contribution is -0.124. The Hall–Kier alpha value is -0.660. The highest BCUT2D eigenvalue weighted by atomic mass is 32.2. The van der Waals surface area contributed by atoms with Crippen molar-refractivity contribution in [2.45, 2.75) is 50.2 Å². The number of carbonyl (C=O) groups excluding carboxylic acids is 1. The van der Waals surface area contributed by atoms with Crippen molar-refractivity contribution in [3.05, 3.63) is 0 Å². The van der Waals surface area contributed by atoms with E-state index in [1.807, 2.05) is 0 Å². The first kappa shape index (κ1) is 16.4. The summed E-state index contributed by atoms with van der Waals surface area (Å²) >= 11 is 0. The largest absolute Gasteiger partial charge is 0.388 e. The molecular weight excluding hydrogens is 268 g/mol. The van der Waals surface area contributed by atoms with Crippen LogP contribution in [-0.4, -0.2) is 49.6 Å². The van der Waals surface area contributed by atoms with Crippen molar-refractivity contribution >= 4 is 15.7 Å². The third-order valence-corrected chi connectivity index (χ3v) is 4.49. The van der Waals surface area contributed by atoms with Crippen LogP contribution in [0.2, 0.25) is 0 Å². The molecule has 6 nitrogen and oxygen atoms in total. The minimum atomic E-state index is -3.11. The standard InChI is InChI=1S/C12H24N2O4S/c1-19(17,18)8-5-10(13)11(15)14-9-12(16)6-3-2-4-7-12/h10,16H,2-9,13H2,1H3,(H,14,15). The summed E-state index contributed by atoms with van der Waals surface area (Å²) in [5, 5.41) is 12.8. The topological polar surface area (TPSA) is 109 Å². The van der Waals surface area contributed by atoms with Crippen molar-refractivity contribution in [2.24, 2.45) is 5.73 Å². The van der Waals surface area contributed by atoms with Crippen LogP contribution in [0, 0.1) is 0 Å². The third kappa shape index (κ3) is 6.35. The van der Waals surface area contributed by atoms with Gasteiger partial charge in [0.1, 0.15) is 9.84 Å². The summed E-state index contributed by atoms with van der Waals surface area (Å²) in [6.45, 7) is 0.193. The van der Waals surface area contributed by atoms with E-state index in [1.54, 1.807) is 0 Å². The van der Waals surface area contributed by atoms with Crippen LogP contribution in [-0.2, 0) is 14.6 Å². The lowest BCUT2D eigenvalue weighted by Gasteiger charge is -2.32. The van der Waals surface area contributed by atoms with Gasteiger partial charge in [0.25, 0.3) is 0 Å². The van der Waals surface area contributed by atoms with E-state index in [1.165, 1.54) is 0 Å². The Morgan fingerprint density at radius 3 is 2.47 bits per heavy atom. The van der Waals surface area contributed by atoms with E-state index < -0.39 is 27.4 Å². The summed E-state index contributed by atoms with van der Waals surface area (Å²) in [5.41, 5.74) is 4.80. The zero-order valence-electron chi connectivity index (χ0n) is 11.4. The smallest absolute Gasteiger partial charge is 0.237 e. The molecule has 0 radical (unpaired) electrons. The Balaban J connectivity index is 2.33. The molecule has 112 valence electrons. The molecule has 0 aliphatic heterocycles. The summed E-state index contributed by atoms with van der Waals surface area (Å²) in [6, 6.07) is -0.845. The third-order valence-electron chi connectivity index (χ3n) is 3.51. The number of rotatable bonds is 6. The lowest BCUT2D eigenvalue weighted by atomic mass is 9.85. The van der Waals surface area contributed by atoms with Crippen LogP contribution in [0.1, 0.15) is 38.5 Å². The lowest BCUT2D eigenvalue weighted by Crippen LogP contribution is -2.49. The molecule has 1 unspecified atom stereocenters. The number of hydrogen-bond donors (Lipinski definition) is 3. The number of amides is 1. The van der Waals surface area contributed by atoms with Gasteiger partial charge in [0, 0.05) is 12.8 Å². The highest BCUT2D eigenvalue weighted by Crippen LogP contribution is 2.27. The molecule has 0 spiro atoms. The molecule has 1 saturated carbocycles. The highest BCUT2D eigenvalue weighted by Gasteiger charge is 2.30. The van der Waals surface area contributed by atoms with E-state index in [9.17, 15) is 18.3 Å². The van der Waals surface area contributed by atoms with Crippen molar-refractivity contribution < 1.29 is 18.3 Å². The Bertz CT molecular complexity index is 402. The Morgan fingerprint density at radius 2 is 1.95 bits per heavy atom. The van der Waals surface area contributed by atoms with Crippen molar-refractivity contribution in [1.82, 2.24) is 5.32 Å². The van der Waals surface area contributed by atoms with Gasteiger partial charge in [-0.05, 0) is 19.3 Å². The number of aliphatic hydroxyl groups is 1. The second-order valence-corrected chi connectivity index (χ2v) is 7.79. The molecule has 1 aliphatic rings. The van der Waals surface area contributed by atoms with Gasteiger partial charge in [-0.2, -0.15) is 0 Å². The molecule has 0 saturated heterocycles. The van der Waals surface area contributed by atoms with Crippen LogP contribution < -0.4 is 11.1 Å². The molecule has 4 N–H and O–H groups in total. The van der Waals surface area contributed by atoms with Crippen LogP contribution in [0.5, 0.6) is 0 Å². The fourth-order valence-electron chi connectivity index (χ4n) is 2.24. The number of sulfone groups is 1. The second kappa shape index (κ2) is 6.67. The summed E-state index contributed by atoms with van der Waals surface area (Å²) < 4.78 is 22.0. The Labute approximate surface area is 114 Å². The van der Waals surface area contributed by atoms with Crippen LogP contribution in [0.15, 0.2) is 0 Å². The van der Waals surface area contributed by atoms with Crippen molar-refractivity contribution in [3.63, 3.8) is 0 Å². The van der Waals surface area contributed by atoms with Gasteiger partial charge in [-0.25, -0.2) is 8.42 Å². The molecule has 19 heavy (non-hydrogen) atoms. The van der Waals surface area contributed by atoms with Crippen molar-refractivity contribution in [2.75, 3.05) is 18.6 Å². The van der Waals surface area contributed by atoms with Gasteiger partial charge in [0.05, 0.1) is 17.4 Å². The van der Waals surface area contributed by atoms with Gasteiger partial charge in [-0.1, -0.05) is 19.3 Å². The van der Waals surface area contributed by atoms with E-state index in [0.717, 1.165) is 25.5 Å². The van der Waals surface area contributed by atoms with E-state index >= 15 is 0 Å². The summed E-state index contributed by atoms with van der Waals surface area (Å²) in [6.07, 6.45) is 5.63. The highest BCUT2D eigenvalue weighted by molar-refractivity contribution is 7.90. The molecule has 0 bridgehead atoms. The molecule has 1 rings (SSSR count). The van der Waals surface area contributed by atoms with Gasteiger partial charge < -0.3 is 16.2 Å². The molecule has 1 amide bonds. The zero-order chi connectivity index (χ0) is 14.5. The quantitative estimate of drug-likeness (QED) is 0.615. The first-order valence-electron chi connectivity index (χ1n) is 6.65. The van der Waals surface area contributed by atoms with Gasteiger partial charge in [0.2, 0.25) is 5.91 Å². The van der Waals surface area contributed by atoms with Gasteiger partial charge >= 0.3 is 0 Å². The van der Waals surface area contributed by atoms with Crippen LogP contribution in [0.4, 0.5) is 0 Å². The first-order valence-corrected chi connectivity index (χ1v) is 8.71. The number of carbonyl (C=O) groups is 1. The maximum atomic E-state index is 11.7. The summed E-state index contributed by atoms with van der Waals surface area (Å²) in [5.74, 6) is -0.506. The van der Waals surface area contributed by atoms with Crippen LogP contribution >= 0.6 is 0 Å². The SMILES string of the molecule is CS(=O)(=O)CCC(N)C(=O)NCC1(O)CCCCC1. The van der Waals surface area contributed by atoms with E-state index in [4.69, 9.17) is 5.73 Å². The van der Waals surface area contributed by atoms with E-state index in [2.05, 4.69) is 5.32 Å². The molecule has 1 atom stereocenters. The summed E-state index contributed by atoms with van der Waals surface area (Å²) in [4.78, 5) is 11.7. The minimum absolute atomic E-state index is 0.100.